The van der Waals surface area contributed by atoms with Crippen LogP contribution in [0.2, 0.25) is 0 Å². The lowest BCUT2D eigenvalue weighted by Gasteiger charge is -2.07. The van der Waals surface area contributed by atoms with E-state index < -0.39 is 11.6 Å². The van der Waals surface area contributed by atoms with Gasteiger partial charge < -0.3 is 10.6 Å². The molecule has 0 saturated heterocycles. The van der Waals surface area contributed by atoms with Crippen LogP contribution >= 0.6 is 0 Å². The van der Waals surface area contributed by atoms with Crippen LogP contribution in [0.3, 0.4) is 0 Å². The highest BCUT2D eigenvalue weighted by Crippen LogP contribution is 2.20. The Labute approximate surface area is 97.5 Å². The predicted molar refractivity (Wildman–Crippen MR) is 63.4 cm³/mol. The lowest BCUT2D eigenvalue weighted by molar-refractivity contribution is 0.509. The molecule has 2 rings (SSSR count). The third-order valence-electron chi connectivity index (χ3n) is 2.22. The van der Waals surface area contributed by atoms with Crippen LogP contribution in [-0.2, 0) is 0 Å². The van der Waals surface area contributed by atoms with Crippen molar-refractivity contribution in [2.24, 2.45) is 0 Å². The number of hydrogen-bond donors (Lipinski definition) is 2. The third kappa shape index (κ3) is 2.69. The summed E-state index contributed by atoms with van der Waals surface area (Å²) < 4.78 is 25.7. The average Bonchev–Trinajstić information content (AvgIpc) is 2.34. The number of anilines is 3. The zero-order chi connectivity index (χ0) is 12.3. The van der Waals surface area contributed by atoms with Crippen LogP contribution in [0, 0.1) is 11.6 Å². The maximum absolute atomic E-state index is 13.0. The van der Waals surface area contributed by atoms with E-state index >= 15 is 0 Å². The first kappa shape index (κ1) is 11.3. The highest BCUT2D eigenvalue weighted by Gasteiger charge is 2.03. The molecule has 1 aromatic carbocycles. The van der Waals surface area contributed by atoms with Gasteiger partial charge in [-0.25, -0.2) is 13.8 Å². The lowest BCUT2D eigenvalue weighted by atomic mass is 10.3. The van der Waals surface area contributed by atoms with Crippen molar-refractivity contribution < 1.29 is 8.78 Å². The van der Waals surface area contributed by atoms with Crippen molar-refractivity contribution in [1.82, 2.24) is 4.98 Å². The first-order chi connectivity index (χ1) is 8.19. The number of benzene rings is 1. The first-order valence-corrected chi connectivity index (χ1v) is 5.05. The molecule has 0 unspecified atom stereocenters. The van der Waals surface area contributed by atoms with Crippen molar-refractivity contribution in [2.75, 3.05) is 17.7 Å². The van der Waals surface area contributed by atoms with E-state index in [-0.39, 0.29) is 0 Å². The number of nitrogens with one attached hydrogen (secondary N) is 2. The fraction of sp³-hybridized carbons (Fsp3) is 0.0833. The van der Waals surface area contributed by atoms with Crippen LogP contribution in [0.15, 0.2) is 36.5 Å². The lowest BCUT2D eigenvalue weighted by Crippen LogP contribution is -1.96. The van der Waals surface area contributed by atoms with E-state index in [2.05, 4.69) is 15.6 Å². The fourth-order valence-electron chi connectivity index (χ4n) is 1.39. The second-order valence-corrected chi connectivity index (χ2v) is 3.43. The predicted octanol–water partition coefficient (Wildman–Crippen LogP) is 3.15. The molecular formula is C12H11F2N3. The van der Waals surface area contributed by atoms with E-state index in [1.165, 1.54) is 6.07 Å². The molecule has 88 valence electrons. The molecule has 5 heteroatoms. The van der Waals surface area contributed by atoms with Gasteiger partial charge in [0.2, 0.25) is 0 Å². The Bertz CT molecular complexity index is 529. The average molecular weight is 235 g/mol. The molecule has 0 aliphatic carbocycles. The van der Waals surface area contributed by atoms with Crippen molar-refractivity contribution in [3.05, 3.63) is 48.2 Å². The fourth-order valence-corrected chi connectivity index (χ4v) is 1.39. The standard InChI is InChI=1S/C12H11F2N3/c1-15-12-7-9(4-5-16-12)17-8-2-3-10(13)11(14)6-8/h2-7H,1H3,(H2,15,16,17). The molecule has 0 aliphatic heterocycles. The molecule has 0 amide bonds. The third-order valence-corrected chi connectivity index (χ3v) is 2.22. The molecule has 0 fully saturated rings. The van der Waals surface area contributed by atoms with Gasteiger partial charge in [0.25, 0.3) is 0 Å². The number of hydrogen-bond acceptors (Lipinski definition) is 3. The summed E-state index contributed by atoms with van der Waals surface area (Å²) in [4.78, 5) is 4.05. The summed E-state index contributed by atoms with van der Waals surface area (Å²) >= 11 is 0. The Hall–Kier alpha value is -2.17. The minimum Gasteiger partial charge on any atom is -0.373 e. The maximum atomic E-state index is 13.0. The quantitative estimate of drug-likeness (QED) is 0.858. The van der Waals surface area contributed by atoms with Crippen LogP contribution in [0.4, 0.5) is 26.0 Å². The molecule has 0 aliphatic rings. The molecule has 1 aromatic heterocycles. The van der Waals surface area contributed by atoms with Gasteiger partial charge in [0, 0.05) is 36.8 Å². The zero-order valence-corrected chi connectivity index (χ0v) is 9.17. The van der Waals surface area contributed by atoms with Gasteiger partial charge in [-0.2, -0.15) is 0 Å². The van der Waals surface area contributed by atoms with Gasteiger partial charge in [0.15, 0.2) is 11.6 Å². The van der Waals surface area contributed by atoms with Gasteiger partial charge in [-0.15, -0.1) is 0 Å². The van der Waals surface area contributed by atoms with Gasteiger partial charge in [-0.05, 0) is 18.2 Å². The number of nitrogens with zero attached hydrogens (tertiary/aromatic N) is 1. The van der Waals surface area contributed by atoms with Crippen LogP contribution in [-0.4, -0.2) is 12.0 Å². The molecule has 0 bridgehead atoms. The molecule has 1 heterocycles. The van der Waals surface area contributed by atoms with Crippen molar-refractivity contribution in [3.63, 3.8) is 0 Å². The van der Waals surface area contributed by atoms with Crippen molar-refractivity contribution >= 4 is 17.2 Å². The van der Waals surface area contributed by atoms with Crippen molar-refractivity contribution in [2.45, 2.75) is 0 Å². The Balaban J connectivity index is 2.22. The van der Waals surface area contributed by atoms with Gasteiger partial charge in [-0.3, -0.25) is 0 Å². The molecule has 3 nitrogen and oxygen atoms in total. The van der Waals surface area contributed by atoms with Crippen molar-refractivity contribution in [1.29, 1.82) is 0 Å². The van der Waals surface area contributed by atoms with E-state index in [9.17, 15) is 8.78 Å². The minimum absolute atomic E-state index is 0.483. The van der Waals surface area contributed by atoms with Gasteiger partial charge in [-0.1, -0.05) is 0 Å². The zero-order valence-electron chi connectivity index (χ0n) is 9.17. The highest BCUT2D eigenvalue weighted by molar-refractivity contribution is 5.62. The summed E-state index contributed by atoms with van der Waals surface area (Å²) in [5.74, 6) is -1.04. The van der Waals surface area contributed by atoms with E-state index in [0.29, 0.717) is 11.5 Å². The molecule has 0 radical (unpaired) electrons. The van der Waals surface area contributed by atoms with Gasteiger partial charge >= 0.3 is 0 Å². The van der Waals surface area contributed by atoms with Crippen LogP contribution in [0.5, 0.6) is 0 Å². The summed E-state index contributed by atoms with van der Waals surface area (Å²) in [5, 5.41) is 5.85. The summed E-state index contributed by atoms with van der Waals surface area (Å²) in [7, 11) is 1.75. The smallest absolute Gasteiger partial charge is 0.160 e. The maximum Gasteiger partial charge on any atom is 0.160 e. The highest BCUT2D eigenvalue weighted by atomic mass is 19.2. The van der Waals surface area contributed by atoms with Crippen LogP contribution in [0.25, 0.3) is 0 Å². The Morgan fingerprint density at radius 2 is 1.76 bits per heavy atom. The number of halogens is 2. The Kier molecular flexibility index (Phi) is 3.18. The second-order valence-electron chi connectivity index (χ2n) is 3.43. The van der Waals surface area contributed by atoms with Gasteiger partial charge in [0.05, 0.1) is 0 Å². The Morgan fingerprint density at radius 3 is 2.47 bits per heavy atom. The molecule has 0 atom stereocenters. The first-order valence-electron chi connectivity index (χ1n) is 5.05. The van der Waals surface area contributed by atoms with Crippen LogP contribution < -0.4 is 10.6 Å². The van der Waals surface area contributed by atoms with Crippen molar-refractivity contribution in [3.8, 4) is 0 Å². The SMILES string of the molecule is CNc1cc(Nc2ccc(F)c(F)c2)ccn1. The molecule has 0 saturated carbocycles. The summed E-state index contributed by atoms with van der Waals surface area (Å²) in [5.41, 5.74) is 1.23. The minimum atomic E-state index is -0.877. The monoisotopic (exact) mass is 235 g/mol. The van der Waals surface area contributed by atoms with E-state index in [1.807, 2.05) is 0 Å². The normalized spacial score (nSPS) is 10.1. The molecule has 2 aromatic rings. The molecule has 0 spiro atoms. The largest absolute Gasteiger partial charge is 0.373 e. The summed E-state index contributed by atoms with van der Waals surface area (Å²) in [6.45, 7) is 0. The van der Waals surface area contributed by atoms with E-state index in [1.54, 1.807) is 25.4 Å². The molecular weight excluding hydrogens is 224 g/mol. The molecule has 17 heavy (non-hydrogen) atoms. The second kappa shape index (κ2) is 4.78. The Morgan fingerprint density at radius 1 is 1.00 bits per heavy atom. The van der Waals surface area contributed by atoms with E-state index in [0.717, 1.165) is 17.8 Å². The topological polar surface area (TPSA) is 37.0 Å². The van der Waals surface area contributed by atoms with Gasteiger partial charge in [0.1, 0.15) is 5.82 Å². The number of aromatic nitrogens is 1. The number of rotatable bonds is 3. The van der Waals surface area contributed by atoms with Crippen LogP contribution in [0.1, 0.15) is 0 Å². The number of pyridine rings is 1. The summed E-state index contributed by atoms with van der Waals surface area (Å²) in [6.07, 6.45) is 1.62. The molecule has 2 N–H and O–H groups in total. The summed E-state index contributed by atoms with van der Waals surface area (Å²) in [6, 6.07) is 7.16. The van der Waals surface area contributed by atoms with E-state index in [4.69, 9.17) is 0 Å².